The number of nitrogens with two attached hydrogens (primary N) is 2. The summed E-state index contributed by atoms with van der Waals surface area (Å²) in [5.41, 5.74) is 10.4. The maximum atomic E-state index is 13.3. The van der Waals surface area contributed by atoms with Crippen molar-refractivity contribution >= 4 is 23.1 Å². The normalized spacial score (nSPS) is 22.9. The van der Waals surface area contributed by atoms with Gasteiger partial charge in [-0.15, -0.1) is 0 Å². The number of nitrogen functional groups attached to an aromatic ring is 2. The van der Waals surface area contributed by atoms with E-state index in [-0.39, 0.29) is 17.4 Å². The Labute approximate surface area is 209 Å². The molecule has 2 amide bonds. The van der Waals surface area contributed by atoms with Crippen LogP contribution in [0.15, 0.2) is 42.5 Å². The van der Waals surface area contributed by atoms with E-state index in [4.69, 9.17) is 11.5 Å². The molecule has 2 aromatic carbocycles. The molecule has 2 fully saturated rings. The third-order valence-corrected chi connectivity index (χ3v) is 7.37. The van der Waals surface area contributed by atoms with Crippen LogP contribution in [0.5, 0.6) is 0 Å². The molecule has 1 aliphatic heterocycles. The summed E-state index contributed by atoms with van der Waals surface area (Å²) in [6.07, 6.45) is -0.343. The van der Waals surface area contributed by atoms with Gasteiger partial charge in [0.15, 0.2) is 0 Å². The van der Waals surface area contributed by atoms with Crippen LogP contribution in [0.3, 0.4) is 0 Å². The summed E-state index contributed by atoms with van der Waals surface area (Å²) in [5, 5.41) is 13.9. The molecule has 0 radical (unpaired) electrons. The number of hydrogen-bond donors (Lipinski definition) is 4. The van der Waals surface area contributed by atoms with Gasteiger partial charge in [0.05, 0.1) is 11.2 Å². The van der Waals surface area contributed by atoms with Crippen LogP contribution >= 0.6 is 0 Å². The molecule has 0 unspecified atom stereocenters. The summed E-state index contributed by atoms with van der Waals surface area (Å²) in [4.78, 5) is 17.3. The average molecular weight is 506 g/mol. The van der Waals surface area contributed by atoms with Crippen LogP contribution < -0.4 is 16.8 Å². The predicted molar refractivity (Wildman–Crippen MR) is 134 cm³/mol. The zero-order valence-corrected chi connectivity index (χ0v) is 20.2. The molecule has 36 heavy (non-hydrogen) atoms. The van der Waals surface area contributed by atoms with Crippen molar-refractivity contribution in [2.75, 3.05) is 43.0 Å². The first-order valence-corrected chi connectivity index (χ1v) is 12.4. The summed E-state index contributed by atoms with van der Waals surface area (Å²) in [6.45, 7) is 3.09. The maximum Gasteiger partial charge on any atom is 0.418 e. The van der Waals surface area contributed by atoms with Crippen molar-refractivity contribution in [3.8, 4) is 0 Å². The molecule has 1 heterocycles. The quantitative estimate of drug-likeness (QED) is 0.428. The van der Waals surface area contributed by atoms with E-state index >= 15 is 0 Å². The molecule has 0 bridgehead atoms. The Bertz CT molecular complexity index is 1060. The highest BCUT2D eigenvalue weighted by Crippen LogP contribution is 2.39. The molecule has 0 atom stereocenters. The van der Waals surface area contributed by atoms with Gasteiger partial charge in [-0.3, -0.25) is 0 Å². The minimum absolute atomic E-state index is 0.0415. The molecular formula is C26H34F3N5O2. The molecular weight excluding hydrogens is 471 g/mol. The average Bonchev–Trinajstić information content (AvgIpc) is 3.35. The van der Waals surface area contributed by atoms with E-state index in [1.54, 1.807) is 17.0 Å². The second-order valence-electron chi connectivity index (χ2n) is 9.86. The lowest BCUT2D eigenvalue weighted by Crippen LogP contribution is -2.49. The predicted octanol–water partition coefficient (Wildman–Crippen LogP) is 4.63. The van der Waals surface area contributed by atoms with Crippen LogP contribution in [0.2, 0.25) is 0 Å². The number of halogens is 3. The maximum absolute atomic E-state index is 13.3. The van der Waals surface area contributed by atoms with Gasteiger partial charge in [0.2, 0.25) is 0 Å². The Balaban J connectivity index is 1.49. The van der Waals surface area contributed by atoms with Crippen molar-refractivity contribution in [2.45, 2.75) is 56.3 Å². The number of carbonyl (C=O) groups is 1. The summed E-state index contributed by atoms with van der Waals surface area (Å²) in [7, 11) is 0. The molecule has 7 nitrogen and oxygen atoms in total. The second-order valence-corrected chi connectivity index (χ2v) is 9.86. The summed E-state index contributed by atoms with van der Waals surface area (Å²) >= 11 is 0. The number of rotatable bonds is 6. The fourth-order valence-corrected chi connectivity index (χ4v) is 5.29. The minimum atomic E-state index is -4.62. The van der Waals surface area contributed by atoms with Crippen LogP contribution in [0.1, 0.15) is 49.7 Å². The smallest absolute Gasteiger partial charge is 0.399 e. The fourth-order valence-electron chi connectivity index (χ4n) is 5.29. The van der Waals surface area contributed by atoms with Gasteiger partial charge in [-0.05, 0) is 87.5 Å². The number of amides is 2. The molecule has 10 heteroatoms. The van der Waals surface area contributed by atoms with Crippen molar-refractivity contribution in [1.82, 2.24) is 9.80 Å². The standard InChI is InChI=1S/C26H34F3N5O2/c27-26(28,29)22-17-20(6-7-23(22)31)32-24(35)34(15-14-33-12-1-2-13-33)21-8-10-25(36,11-9-21)18-4-3-5-19(30)16-18/h3-7,16-17,21,36H,1-2,8-15,30-31H2,(H,32,35)/t21-,25-. The number of anilines is 3. The molecule has 1 saturated heterocycles. The summed E-state index contributed by atoms with van der Waals surface area (Å²) in [6, 6.07) is 10.0. The van der Waals surface area contributed by atoms with E-state index in [0.29, 0.717) is 44.5 Å². The number of nitrogens with one attached hydrogen (secondary N) is 1. The summed E-state index contributed by atoms with van der Waals surface area (Å²) < 4.78 is 39.9. The zero-order chi connectivity index (χ0) is 25.9. The number of nitrogens with zero attached hydrogens (tertiary/aromatic N) is 2. The Morgan fingerprint density at radius 2 is 1.81 bits per heavy atom. The number of urea groups is 1. The highest BCUT2D eigenvalue weighted by Gasteiger charge is 2.38. The highest BCUT2D eigenvalue weighted by atomic mass is 19.4. The van der Waals surface area contributed by atoms with Crippen molar-refractivity contribution in [3.05, 3.63) is 53.6 Å². The van der Waals surface area contributed by atoms with Crippen LogP contribution in [-0.2, 0) is 11.8 Å². The first-order valence-electron chi connectivity index (χ1n) is 12.4. The summed E-state index contributed by atoms with van der Waals surface area (Å²) in [5.74, 6) is 0. The number of carbonyl (C=O) groups excluding carboxylic acids is 1. The third kappa shape index (κ3) is 6.04. The molecule has 0 aromatic heterocycles. The van der Waals surface area contributed by atoms with Gasteiger partial charge < -0.3 is 31.7 Å². The van der Waals surface area contributed by atoms with Gasteiger partial charge in [0.1, 0.15) is 0 Å². The van der Waals surface area contributed by atoms with Crippen molar-refractivity contribution in [1.29, 1.82) is 0 Å². The van der Waals surface area contributed by atoms with Crippen molar-refractivity contribution in [3.63, 3.8) is 0 Å². The Kier molecular flexibility index (Phi) is 7.65. The Morgan fingerprint density at radius 1 is 1.11 bits per heavy atom. The molecule has 2 aromatic rings. The van der Waals surface area contributed by atoms with E-state index in [1.807, 2.05) is 12.1 Å². The lowest BCUT2D eigenvalue weighted by Gasteiger charge is -2.41. The van der Waals surface area contributed by atoms with Crippen LogP contribution in [0, 0.1) is 0 Å². The molecule has 4 rings (SSSR count). The highest BCUT2D eigenvalue weighted by molar-refractivity contribution is 5.90. The van der Waals surface area contributed by atoms with E-state index in [9.17, 15) is 23.1 Å². The molecule has 0 spiro atoms. The lowest BCUT2D eigenvalue weighted by atomic mass is 9.77. The van der Waals surface area contributed by atoms with Gasteiger partial charge in [-0.25, -0.2) is 4.79 Å². The van der Waals surface area contributed by atoms with Gasteiger partial charge >= 0.3 is 12.2 Å². The van der Waals surface area contributed by atoms with E-state index in [1.165, 1.54) is 6.07 Å². The van der Waals surface area contributed by atoms with Crippen molar-refractivity contribution in [2.24, 2.45) is 0 Å². The van der Waals surface area contributed by atoms with E-state index in [2.05, 4.69) is 10.2 Å². The first kappa shape index (κ1) is 26.1. The topological polar surface area (TPSA) is 108 Å². The van der Waals surface area contributed by atoms with Gasteiger partial charge in [-0.2, -0.15) is 13.2 Å². The largest absolute Gasteiger partial charge is 0.418 e. The van der Waals surface area contributed by atoms with Crippen LogP contribution in [-0.4, -0.2) is 53.2 Å². The number of alkyl halides is 3. The Morgan fingerprint density at radius 3 is 2.44 bits per heavy atom. The second kappa shape index (κ2) is 10.6. The van der Waals surface area contributed by atoms with Gasteiger partial charge in [-0.1, -0.05) is 12.1 Å². The number of hydrogen-bond acceptors (Lipinski definition) is 5. The minimum Gasteiger partial charge on any atom is -0.399 e. The number of likely N-dealkylation sites (tertiary alicyclic amines) is 1. The molecule has 6 N–H and O–H groups in total. The zero-order valence-electron chi connectivity index (χ0n) is 20.2. The van der Waals surface area contributed by atoms with Crippen LogP contribution in [0.4, 0.5) is 35.0 Å². The fraction of sp³-hybridized carbons (Fsp3) is 0.500. The Hall–Kier alpha value is -2.98. The molecule has 1 aliphatic carbocycles. The monoisotopic (exact) mass is 505 g/mol. The molecule has 196 valence electrons. The van der Waals surface area contributed by atoms with E-state index < -0.39 is 23.4 Å². The van der Waals surface area contributed by atoms with Crippen LogP contribution in [0.25, 0.3) is 0 Å². The molecule has 2 aliphatic rings. The number of benzene rings is 2. The van der Waals surface area contributed by atoms with E-state index in [0.717, 1.165) is 43.6 Å². The van der Waals surface area contributed by atoms with Crippen molar-refractivity contribution < 1.29 is 23.1 Å². The molecule has 1 saturated carbocycles. The lowest BCUT2D eigenvalue weighted by molar-refractivity contribution is -0.136. The van der Waals surface area contributed by atoms with Gasteiger partial charge in [0.25, 0.3) is 0 Å². The first-order chi connectivity index (χ1) is 17.0. The SMILES string of the molecule is Nc1cccc([C@]2(O)CC[C@H](N(CCN3CCCC3)C(=O)Nc3ccc(N)c(C(F)(F)F)c3)CC2)c1. The van der Waals surface area contributed by atoms with Gasteiger partial charge in [0, 0.05) is 36.2 Å². The number of aliphatic hydroxyl groups is 1. The third-order valence-electron chi connectivity index (χ3n) is 7.37.